The monoisotopic (exact) mass is 197 g/mol. The molecule has 12 heavy (non-hydrogen) atoms. The van der Waals surface area contributed by atoms with E-state index in [9.17, 15) is 13.2 Å². The number of methoxy groups -OCH3 is 1. The normalized spacial score (nSPS) is 11.8. The van der Waals surface area contributed by atoms with Crippen LogP contribution in [0.4, 0.5) is 13.2 Å². The molecule has 0 amide bonds. The molecule has 0 spiro atoms. The highest BCUT2D eigenvalue weighted by molar-refractivity contribution is 7.13. The van der Waals surface area contributed by atoms with Crippen molar-refractivity contribution in [3.63, 3.8) is 0 Å². The van der Waals surface area contributed by atoms with E-state index in [1.54, 1.807) is 0 Å². The minimum absolute atomic E-state index is 0.181. The van der Waals surface area contributed by atoms with Crippen molar-refractivity contribution in [1.29, 1.82) is 0 Å². The maximum Gasteiger partial charge on any atom is 0.437 e. The van der Waals surface area contributed by atoms with Gasteiger partial charge in [0.2, 0.25) is 5.06 Å². The minimum Gasteiger partial charge on any atom is -0.486 e. The van der Waals surface area contributed by atoms with Crippen LogP contribution in [0.2, 0.25) is 0 Å². The quantitative estimate of drug-likeness (QED) is 0.690. The zero-order chi connectivity index (χ0) is 9.35. The molecule has 1 aromatic heterocycles. The maximum absolute atomic E-state index is 12.1. The summed E-state index contributed by atoms with van der Waals surface area (Å²) in [6, 6.07) is 0. The molecule has 0 saturated heterocycles. The zero-order valence-electron chi connectivity index (χ0n) is 6.40. The Labute approximate surface area is 71.0 Å². The Morgan fingerprint density at radius 2 is 2.00 bits per heavy atom. The SMILES string of the molecule is COc1sc(C)nc1C(F)(F)F. The second-order valence-corrected chi connectivity index (χ2v) is 3.24. The molecule has 2 nitrogen and oxygen atoms in total. The number of aromatic nitrogens is 1. The van der Waals surface area contributed by atoms with Gasteiger partial charge in [-0.3, -0.25) is 0 Å². The van der Waals surface area contributed by atoms with E-state index in [1.165, 1.54) is 14.0 Å². The van der Waals surface area contributed by atoms with Crippen molar-refractivity contribution >= 4 is 11.3 Å². The van der Waals surface area contributed by atoms with Crippen LogP contribution in [0.15, 0.2) is 0 Å². The van der Waals surface area contributed by atoms with E-state index in [-0.39, 0.29) is 5.06 Å². The first kappa shape index (κ1) is 9.31. The molecule has 1 rings (SSSR count). The van der Waals surface area contributed by atoms with Gasteiger partial charge >= 0.3 is 6.18 Å². The van der Waals surface area contributed by atoms with Gasteiger partial charge in [-0.05, 0) is 6.92 Å². The average Bonchev–Trinajstić information content (AvgIpc) is 2.29. The van der Waals surface area contributed by atoms with Crippen molar-refractivity contribution < 1.29 is 17.9 Å². The van der Waals surface area contributed by atoms with Crippen LogP contribution in [0.1, 0.15) is 10.7 Å². The Hall–Kier alpha value is -0.780. The molecule has 0 bridgehead atoms. The highest BCUT2D eigenvalue weighted by Crippen LogP contribution is 2.38. The Bertz CT molecular complexity index is 281. The van der Waals surface area contributed by atoms with Crippen LogP contribution in [-0.4, -0.2) is 12.1 Å². The van der Waals surface area contributed by atoms with Gasteiger partial charge in [0, 0.05) is 0 Å². The first-order valence-electron chi connectivity index (χ1n) is 3.03. The van der Waals surface area contributed by atoms with Crippen molar-refractivity contribution in [3.8, 4) is 5.06 Å². The predicted molar refractivity (Wildman–Crippen MR) is 38.4 cm³/mol. The van der Waals surface area contributed by atoms with Crippen molar-refractivity contribution in [2.75, 3.05) is 7.11 Å². The molecule has 0 N–H and O–H groups in total. The Kier molecular flexibility index (Phi) is 2.27. The Morgan fingerprint density at radius 1 is 1.42 bits per heavy atom. The molecule has 0 saturated carbocycles. The third kappa shape index (κ3) is 1.69. The number of aryl methyl sites for hydroxylation is 1. The van der Waals surface area contributed by atoms with Crippen molar-refractivity contribution in [1.82, 2.24) is 4.98 Å². The zero-order valence-corrected chi connectivity index (χ0v) is 7.21. The number of halogens is 3. The highest BCUT2D eigenvalue weighted by Gasteiger charge is 2.37. The third-order valence-corrected chi connectivity index (χ3v) is 2.09. The number of thiazole rings is 1. The van der Waals surface area contributed by atoms with Crippen molar-refractivity contribution in [3.05, 3.63) is 10.7 Å². The van der Waals surface area contributed by atoms with Gasteiger partial charge in [-0.2, -0.15) is 13.2 Å². The molecule has 0 aliphatic rings. The first-order chi connectivity index (χ1) is 5.45. The van der Waals surface area contributed by atoms with E-state index >= 15 is 0 Å². The highest BCUT2D eigenvalue weighted by atomic mass is 32.1. The van der Waals surface area contributed by atoms with Gasteiger partial charge < -0.3 is 4.74 Å². The number of hydrogen-bond acceptors (Lipinski definition) is 3. The van der Waals surface area contributed by atoms with Gasteiger partial charge in [0.15, 0.2) is 5.69 Å². The lowest BCUT2D eigenvalue weighted by Gasteiger charge is -2.03. The molecule has 0 aromatic carbocycles. The van der Waals surface area contributed by atoms with Crippen LogP contribution < -0.4 is 4.74 Å². The number of rotatable bonds is 1. The fourth-order valence-electron chi connectivity index (χ4n) is 0.726. The largest absolute Gasteiger partial charge is 0.486 e. The minimum atomic E-state index is -4.42. The summed E-state index contributed by atoms with van der Waals surface area (Å²) < 4.78 is 40.9. The lowest BCUT2D eigenvalue weighted by molar-refractivity contribution is -0.141. The van der Waals surface area contributed by atoms with Gasteiger partial charge in [-0.1, -0.05) is 11.3 Å². The van der Waals surface area contributed by atoms with Gasteiger partial charge in [0.1, 0.15) is 0 Å². The number of alkyl halides is 3. The summed E-state index contributed by atoms with van der Waals surface area (Å²) in [5.41, 5.74) is -0.937. The summed E-state index contributed by atoms with van der Waals surface area (Å²) in [7, 11) is 1.20. The molecule has 1 heterocycles. The molecule has 0 aliphatic carbocycles. The van der Waals surface area contributed by atoms with Crippen molar-refractivity contribution in [2.24, 2.45) is 0 Å². The maximum atomic E-state index is 12.1. The standard InChI is InChI=1S/C6H6F3NOS/c1-3-10-4(6(7,8)9)5(11-2)12-3/h1-2H3. The smallest absolute Gasteiger partial charge is 0.437 e. The molecule has 68 valence electrons. The van der Waals surface area contributed by atoms with E-state index < -0.39 is 11.9 Å². The fourth-order valence-corrected chi connectivity index (χ4v) is 1.47. The molecular weight excluding hydrogens is 191 g/mol. The second-order valence-electron chi connectivity index (χ2n) is 2.07. The Balaban J connectivity index is 3.13. The van der Waals surface area contributed by atoms with E-state index in [0.29, 0.717) is 5.01 Å². The fraction of sp³-hybridized carbons (Fsp3) is 0.500. The molecule has 0 aliphatic heterocycles. The van der Waals surface area contributed by atoms with E-state index in [4.69, 9.17) is 0 Å². The van der Waals surface area contributed by atoms with Crippen LogP contribution in [0.3, 0.4) is 0 Å². The molecule has 1 aromatic rings. The van der Waals surface area contributed by atoms with Crippen LogP contribution in [-0.2, 0) is 6.18 Å². The topological polar surface area (TPSA) is 22.1 Å². The van der Waals surface area contributed by atoms with Gasteiger partial charge in [-0.25, -0.2) is 4.98 Å². The molecule has 6 heteroatoms. The molecule has 0 fully saturated rings. The molecular formula is C6H6F3NOS. The number of nitrogens with zero attached hydrogens (tertiary/aromatic N) is 1. The average molecular weight is 197 g/mol. The summed E-state index contributed by atoms with van der Waals surface area (Å²) >= 11 is 0.888. The lowest BCUT2D eigenvalue weighted by Crippen LogP contribution is -2.07. The molecule has 0 radical (unpaired) electrons. The molecule has 0 unspecified atom stereocenters. The predicted octanol–water partition coefficient (Wildman–Crippen LogP) is 2.48. The van der Waals surface area contributed by atoms with E-state index in [1.807, 2.05) is 0 Å². The lowest BCUT2D eigenvalue weighted by atomic mass is 10.5. The van der Waals surface area contributed by atoms with Crippen LogP contribution in [0, 0.1) is 6.92 Å². The Morgan fingerprint density at radius 3 is 2.33 bits per heavy atom. The summed E-state index contributed by atoms with van der Waals surface area (Å²) in [6.45, 7) is 1.50. The van der Waals surface area contributed by atoms with Gasteiger partial charge in [0.25, 0.3) is 0 Å². The van der Waals surface area contributed by atoms with Gasteiger partial charge in [-0.15, -0.1) is 0 Å². The van der Waals surface area contributed by atoms with E-state index in [0.717, 1.165) is 11.3 Å². The number of ether oxygens (including phenoxy) is 1. The molecule has 0 atom stereocenters. The van der Waals surface area contributed by atoms with Crippen molar-refractivity contribution in [2.45, 2.75) is 13.1 Å². The van der Waals surface area contributed by atoms with Gasteiger partial charge in [0.05, 0.1) is 12.1 Å². The van der Waals surface area contributed by atoms with Crippen LogP contribution in [0.5, 0.6) is 5.06 Å². The summed E-state index contributed by atoms with van der Waals surface area (Å²) in [5, 5.41) is 0.166. The summed E-state index contributed by atoms with van der Waals surface area (Å²) in [4.78, 5) is 3.32. The third-order valence-electron chi connectivity index (χ3n) is 1.16. The second kappa shape index (κ2) is 2.93. The van der Waals surface area contributed by atoms with E-state index in [2.05, 4.69) is 9.72 Å². The number of hydrogen-bond donors (Lipinski definition) is 0. The van der Waals surface area contributed by atoms with Crippen LogP contribution >= 0.6 is 11.3 Å². The summed E-state index contributed by atoms with van der Waals surface area (Å²) in [5.74, 6) is 0. The first-order valence-corrected chi connectivity index (χ1v) is 3.85. The van der Waals surface area contributed by atoms with Crippen LogP contribution in [0.25, 0.3) is 0 Å². The summed E-state index contributed by atoms with van der Waals surface area (Å²) in [6.07, 6.45) is -4.42.